The fourth-order valence-corrected chi connectivity index (χ4v) is 3.96. The molecule has 0 spiro atoms. The summed E-state index contributed by atoms with van der Waals surface area (Å²) in [6.07, 6.45) is -4.08. The fourth-order valence-electron chi connectivity index (χ4n) is 3.96. The van der Waals surface area contributed by atoms with Crippen LogP contribution in [0, 0.1) is 11.6 Å². The first-order chi connectivity index (χ1) is 15.4. The zero-order valence-corrected chi connectivity index (χ0v) is 18.3. The predicted octanol–water partition coefficient (Wildman–Crippen LogP) is 4.32. The minimum absolute atomic E-state index is 0.00267. The van der Waals surface area contributed by atoms with Crippen LogP contribution >= 0.6 is 0 Å². The molecule has 0 heterocycles. The number of carbonyl (C=O) groups is 1. The van der Waals surface area contributed by atoms with E-state index in [0.29, 0.717) is 18.4 Å². The van der Waals surface area contributed by atoms with Crippen LogP contribution in [0.1, 0.15) is 49.3 Å². The van der Waals surface area contributed by atoms with Crippen LogP contribution in [0.5, 0.6) is 0 Å². The zero-order chi connectivity index (χ0) is 24.4. The van der Waals surface area contributed by atoms with Crippen LogP contribution in [0.4, 0.5) is 22.0 Å². The van der Waals surface area contributed by atoms with Gasteiger partial charge in [-0.1, -0.05) is 24.3 Å². The van der Waals surface area contributed by atoms with Gasteiger partial charge in [-0.25, -0.2) is 8.78 Å². The number of aliphatic hydroxyl groups is 1. The highest BCUT2D eigenvalue weighted by Crippen LogP contribution is 2.46. The average molecular weight is 470 g/mol. The van der Waals surface area contributed by atoms with E-state index in [4.69, 9.17) is 0 Å². The molecule has 0 aliphatic heterocycles. The summed E-state index contributed by atoms with van der Waals surface area (Å²) < 4.78 is 66.4. The van der Waals surface area contributed by atoms with Crippen molar-refractivity contribution in [3.8, 4) is 0 Å². The van der Waals surface area contributed by atoms with Gasteiger partial charge in [0.05, 0.1) is 18.1 Å². The Kier molecular flexibility index (Phi) is 7.43. The van der Waals surface area contributed by atoms with Crippen LogP contribution in [-0.2, 0) is 16.8 Å². The quantitative estimate of drug-likeness (QED) is 0.479. The van der Waals surface area contributed by atoms with Crippen molar-refractivity contribution in [3.63, 3.8) is 0 Å². The number of hydrogen-bond acceptors (Lipinski definition) is 3. The fraction of sp³-hybridized carbons (Fsp3) is 0.458. The van der Waals surface area contributed by atoms with Crippen molar-refractivity contribution in [2.45, 2.75) is 62.9 Å². The van der Waals surface area contributed by atoms with Crippen LogP contribution in [0.15, 0.2) is 42.5 Å². The Balaban J connectivity index is 1.71. The number of amides is 1. The van der Waals surface area contributed by atoms with E-state index in [1.807, 2.05) is 0 Å². The zero-order valence-electron chi connectivity index (χ0n) is 18.3. The Morgan fingerprint density at radius 2 is 1.76 bits per heavy atom. The highest BCUT2D eigenvalue weighted by molar-refractivity contribution is 5.73. The van der Waals surface area contributed by atoms with E-state index >= 15 is 0 Å². The molecule has 2 aromatic carbocycles. The lowest BCUT2D eigenvalue weighted by atomic mass is 9.94. The van der Waals surface area contributed by atoms with Crippen LogP contribution < -0.4 is 10.6 Å². The summed E-state index contributed by atoms with van der Waals surface area (Å²) >= 11 is 0. The second-order valence-electron chi connectivity index (χ2n) is 8.71. The molecule has 0 saturated heterocycles. The van der Waals surface area contributed by atoms with Crippen molar-refractivity contribution in [1.29, 1.82) is 0 Å². The molecule has 1 saturated carbocycles. The number of alkyl halides is 3. The lowest BCUT2D eigenvalue weighted by molar-refractivity contribution is -0.146. The third-order valence-electron chi connectivity index (χ3n) is 6.06. The molecule has 3 rings (SSSR count). The minimum atomic E-state index is -4.35. The van der Waals surface area contributed by atoms with Gasteiger partial charge in [0, 0.05) is 25.1 Å². The van der Waals surface area contributed by atoms with E-state index in [2.05, 4.69) is 10.6 Å². The van der Waals surface area contributed by atoms with E-state index in [0.717, 1.165) is 25.1 Å². The molecule has 3 N–H and O–H groups in total. The monoisotopic (exact) mass is 470 g/mol. The van der Waals surface area contributed by atoms with Gasteiger partial charge in [0.1, 0.15) is 11.6 Å². The van der Waals surface area contributed by atoms with E-state index in [9.17, 15) is 31.9 Å². The molecule has 3 atom stereocenters. The number of halogens is 5. The van der Waals surface area contributed by atoms with E-state index in [1.165, 1.54) is 19.1 Å². The summed E-state index contributed by atoms with van der Waals surface area (Å²) in [5.41, 5.74) is 0.582. The first kappa shape index (κ1) is 25.1. The van der Waals surface area contributed by atoms with Gasteiger partial charge in [0.2, 0.25) is 5.91 Å². The number of hydrogen-bond donors (Lipinski definition) is 3. The topological polar surface area (TPSA) is 61.4 Å². The molecule has 3 unspecified atom stereocenters. The van der Waals surface area contributed by atoms with Crippen molar-refractivity contribution in [2.75, 3.05) is 6.54 Å². The lowest BCUT2D eigenvalue weighted by Crippen LogP contribution is -2.49. The molecule has 4 nitrogen and oxygen atoms in total. The van der Waals surface area contributed by atoms with Crippen molar-refractivity contribution in [1.82, 2.24) is 10.6 Å². The standard InChI is InChI=1S/C24H27F5N2O2/c1-14(24(27,28)29)17-4-3-5-18(11-17)23(6-7-23)30-13-22(33)21(31-15(2)32)10-16-8-19(25)12-20(26)9-16/h3-5,8-9,11-12,14,21-22,30,33H,6-7,10,13H2,1-2H3,(H,31,32). The first-order valence-electron chi connectivity index (χ1n) is 10.7. The number of rotatable bonds is 9. The Bertz CT molecular complexity index is 971. The number of benzene rings is 2. The Hall–Kier alpha value is -2.52. The van der Waals surface area contributed by atoms with Crippen molar-refractivity contribution in [2.24, 2.45) is 0 Å². The number of carbonyl (C=O) groups excluding carboxylic acids is 1. The van der Waals surface area contributed by atoms with Gasteiger partial charge >= 0.3 is 6.18 Å². The lowest BCUT2D eigenvalue weighted by Gasteiger charge is -2.27. The summed E-state index contributed by atoms with van der Waals surface area (Å²) in [5, 5.41) is 16.6. The van der Waals surface area contributed by atoms with Gasteiger partial charge in [0.25, 0.3) is 0 Å². The molecule has 1 fully saturated rings. The molecule has 0 radical (unpaired) electrons. The third kappa shape index (κ3) is 6.51. The van der Waals surface area contributed by atoms with E-state index < -0.39 is 47.3 Å². The van der Waals surface area contributed by atoms with Crippen LogP contribution in [0.25, 0.3) is 0 Å². The SMILES string of the molecule is CC(=O)NC(Cc1cc(F)cc(F)c1)C(O)CNC1(c2cccc(C(C)C(F)(F)F)c2)CC1. The van der Waals surface area contributed by atoms with Gasteiger partial charge in [-0.3, -0.25) is 4.79 Å². The van der Waals surface area contributed by atoms with Crippen LogP contribution in [-0.4, -0.2) is 35.9 Å². The molecule has 1 aliphatic rings. The van der Waals surface area contributed by atoms with Gasteiger partial charge in [0.15, 0.2) is 0 Å². The van der Waals surface area contributed by atoms with E-state index in [-0.39, 0.29) is 24.1 Å². The normalized spacial score (nSPS) is 17.8. The molecule has 2 aromatic rings. The molecule has 180 valence electrons. The van der Waals surface area contributed by atoms with Crippen molar-refractivity contribution in [3.05, 3.63) is 70.8 Å². The molecule has 33 heavy (non-hydrogen) atoms. The molecule has 0 bridgehead atoms. The summed E-state index contributed by atoms with van der Waals surface area (Å²) in [4.78, 5) is 11.6. The highest BCUT2D eigenvalue weighted by atomic mass is 19.4. The molecule has 0 aromatic heterocycles. The molecule has 9 heteroatoms. The molecular weight excluding hydrogens is 443 g/mol. The predicted molar refractivity (Wildman–Crippen MR) is 114 cm³/mol. The number of aliphatic hydroxyl groups excluding tert-OH is 1. The second kappa shape index (κ2) is 9.77. The first-order valence-corrected chi connectivity index (χ1v) is 10.7. The minimum Gasteiger partial charge on any atom is -0.390 e. The highest BCUT2D eigenvalue weighted by Gasteiger charge is 2.45. The summed E-state index contributed by atoms with van der Waals surface area (Å²) in [5.74, 6) is -3.53. The van der Waals surface area contributed by atoms with Crippen LogP contribution in [0.2, 0.25) is 0 Å². The maximum absolute atomic E-state index is 13.5. The van der Waals surface area contributed by atoms with Crippen molar-refractivity contribution >= 4 is 5.91 Å². The van der Waals surface area contributed by atoms with Gasteiger partial charge in [-0.15, -0.1) is 0 Å². The molecule has 1 amide bonds. The third-order valence-corrected chi connectivity index (χ3v) is 6.06. The second-order valence-corrected chi connectivity index (χ2v) is 8.71. The van der Waals surface area contributed by atoms with Gasteiger partial charge in [-0.05, 0) is 55.0 Å². The Labute approximate surface area is 189 Å². The summed E-state index contributed by atoms with van der Waals surface area (Å²) in [6.45, 7) is 2.42. The maximum Gasteiger partial charge on any atom is 0.395 e. The molecule has 1 aliphatic carbocycles. The largest absolute Gasteiger partial charge is 0.395 e. The van der Waals surface area contributed by atoms with Crippen molar-refractivity contribution < 1.29 is 31.9 Å². The number of nitrogens with one attached hydrogen (secondary N) is 2. The summed E-state index contributed by atoms with van der Waals surface area (Å²) in [6, 6.07) is 8.50. The summed E-state index contributed by atoms with van der Waals surface area (Å²) in [7, 11) is 0. The van der Waals surface area contributed by atoms with Gasteiger partial charge in [-0.2, -0.15) is 13.2 Å². The van der Waals surface area contributed by atoms with E-state index in [1.54, 1.807) is 12.1 Å². The maximum atomic E-state index is 13.5. The van der Waals surface area contributed by atoms with Crippen LogP contribution in [0.3, 0.4) is 0 Å². The Morgan fingerprint density at radius 3 is 2.30 bits per heavy atom. The van der Waals surface area contributed by atoms with Gasteiger partial charge < -0.3 is 15.7 Å². The molecular formula is C24H27F5N2O2. The average Bonchev–Trinajstić information content (AvgIpc) is 3.50. The Morgan fingerprint density at radius 1 is 1.12 bits per heavy atom. The smallest absolute Gasteiger partial charge is 0.390 e.